The molecule has 0 aromatic heterocycles. The second-order valence-corrected chi connectivity index (χ2v) is 4.13. The van der Waals surface area contributed by atoms with Crippen LogP contribution in [0.5, 0.6) is 0 Å². The zero-order valence-corrected chi connectivity index (χ0v) is 10.00. The second kappa shape index (κ2) is 5.53. The van der Waals surface area contributed by atoms with Crippen molar-refractivity contribution in [3.05, 3.63) is 11.1 Å². The summed E-state index contributed by atoms with van der Waals surface area (Å²) in [7, 11) is 1.68. The number of carbonyl (C=O) groups is 2. The molecule has 0 spiro atoms. The van der Waals surface area contributed by atoms with Gasteiger partial charge in [0.2, 0.25) is 5.91 Å². The molecular formula is C11H19NO3. The number of nitrogens with zero attached hydrogens (tertiary/aromatic N) is 1. The standard InChI is InChI=1S/C11H19NO3/c1-7(2)6-12(5)10(13)8(3)9(4)11(14)15/h7H,6H2,1-5H3,(H,14,15). The van der Waals surface area contributed by atoms with Crippen LogP contribution in [-0.4, -0.2) is 35.5 Å². The topological polar surface area (TPSA) is 57.6 Å². The molecule has 15 heavy (non-hydrogen) atoms. The molecule has 0 fully saturated rings. The molecule has 1 amide bonds. The summed E-state index contributed by atoms with van der Waals surface area (Å²) >= 11 is 0. The van der Waals surface area contributed by atoms with Crippen molar-refractivity contribution >= 4 is 11.9 Å². The van der Waals surface area contributed by atoms with Crippen molar-refractivity contribution in [3.8, 4) is 0 Å². The molecule has 4 heteroatoms. The van der Waals surface area contributed by atoms with Crippen molar-refractivity contribution in [3.63, 3.8) is 0 Å². The van der Waals surface area contributed by atoms with Gasteiger partial charge in [-0.05, 0) is 19.8 Å². The summed E-state index contributed by atoms with van der Waals surface area (Å²) in [6.07, 6.45) is 0. The van der Waals surface area contributed by atoms with Gasteiger partial charge in [-0.2, -0.15) is 0 Å². The van der Waals surface area contributed by atoms with Gasteiger partial charge in [0.1, 0.15) is 0 Å². The third kappa shape index (κ3) is 4.14. The van der Waals surface area contributed by atoms with Crippen molar-refractivity contribution in [2.24, 2.45) is 5.92 Å². The van der Waals surface area contributed by atoms with E-state index in [1.165, 1.54) is 6.92 Å². The van der Waals surface area contributed by atoms with E-state index in [9.17, 15) is 9.59 Å². The van der Waals surface area contributed by atoms with E-state index in [1.54, 1.807) is 18.9 Å². The van der Waals surface area contributed by atoms with Crippen LogP contribution < -0.4 is 0 Å². The van der Waals surface area contributed by atoms with Gasteiger partial charge in [0, 0.05) is 24.7 Å². The van der Waals surface area contributed by atoms with Crippen molar-refractivity contribution < 1.29 is 14.7 Å². The van der Waals surface area contributed by atoms with E-state index in [2.05, 4.69) is 0 Å². The Hall–Kier alpha value is -1.32. The van der Waals surface area contributed by atoms with E-state index >= 15 is 0 Å². The molecule has 0 rings (SSSR count). The van der Waals surface area contributed by atoms with E-state index in [-0.39, 0.29) is 11.5 Å². The second-order valence-electron chi connectivity index (χ2n) is 4.13. The minimum atomic E-state index is -1.04. The van der Waals surface area contributed by atoms with Crippen LogP contribution in [0.2, 0.25) is 0 Å². The van der Waals surface area contributed by atoms with Crippen molar-refractivity contribution in [2.75, 3.05) is 13.6 Å². The quantitative estimate of drug-likeness (QED) is 0.720. The molecule has 0 saturated heterocycles. The first-order valence-electron chi connectivity index (χ1n) is 4.93. The van der Waals surface area contributed by atoms with E-state index in [0.29, 0.717) is 18.0 Å². The minimum absolute atomic E-state index is 0.107. The lowest BCUT2D eigenvalue weighted by atomic mass is 10.1. The summed E-state index contributed by atoms with van der Waals surface area (Å²) in [6, 6.07) is 0. The summed E-state index contributed by atoms with van der Waals surface area (Å²) in [5.74, 6) is -0.890. The molecule has 1 N–H and O–H groups in total. The molecule has 0 aliphatic rings. The minimum Gasteiger partial charge on any atom is -0.478 e. The van der Waals surface area contributed by atoms with E-state index in [1.807, 2.05) is 13.8 Å². The molecule has 4 nitrogen and oxygen atoms in total. The highest BCUT2D eigenvalue weighted by Crippen LogP contribution is 2.08. The van der Waals surface area contributed by atoms with Crippen molar-refractivity contribution in [1.82, 2.24) is 4.90 Å². The van der Waals surface area contributed by atoms with Gasteiger partial charge in [-0.25, -0.2) is 4.79 Å². The SMILES string of the molecule is CC(C(=O)O)=C(C)C(=O)N(C)CC(C)C. The lowest BCUT2D eigenvalue weighted by Gasteiger charge is -2.20. The molecular weight excluding hydrogens is 194 g/mol. The molecule has 0 aliphatic heterocycles. The van der Waals surface area contributed by atoms with Crippen LogP contribution in [0.25, 0.3) is 0 Å². The number of hydrogen-bond acceptors (Lipinski definition) is 2. The first-order valence-corrected chi connectivity index (χ1v) is 4.93. The average molecular weight is 213 g/mol. The number of carbonyl (C=O) groups excluding carboxylic acids is 1. The molecule has 0 saturated carbocycles. The lowest BCUT2D eigenvalue weighted by Crippen LogP contribution is -2.31. The predicted octanol–water partition coefficient (Wildman–Crippen LogP) is 1.52. The van der Waals surface area contributed by atoms with Crippen LogP contribution in [0.4, 0.5) is 0 Å². The normalized spacial score (nSPS) is 12.4. The molecule has 0 radical (unpaired) electrons. The number of amides is 1. The molecule has 0 aromatic carbocycles. The highest BCUT2D eigenvalue weighted by Gasteiger charge is 2.16. The zero-order valence-electron chi connectivity index (χ0n) is 10.00. The van der Waals surface area contributed by atoms with Crippen LogP contribution >= 0.6 is 0 Å². The summed E-state index contributed by atoms with van der Waals surface area (Å²) in [5.41, 5.74) is 0.404. The van der Waals surface area contributed by atoms with E-state index in [0.717, 1.165) is 0 Å². The van der Waals surface area contributed by atoms with Crippen molar-refractivity contribution in [1.29, 1.82) is 0 Å². The Labute approximate surface area is 90.6 Å². The fourth-order valence-electron chi connectivity index (χ4n) is 1.24. The van der Waals surface area contributed by atoms with Crippen LogP contribution in [0.15, 0.2) is 11.1 Å². The fraction of sp³-hybridized carbons (Fsp3) is 0.636. The average Bonchev–Trinajstić information content (AvgIpc) is 2.13. The highest BCUT2D eigenvalue weighted by molar-refractivity contribution is 6.01. The van der Waals surface area contributed by atoms with E-state index in [4.69, 9.17) is 5.11 Å². The first kappa shape index (κ1) is 13.7. The molecule has 0 heterocycles. The van der Waals surface area contributed by atoms with Crippen LogP contribution in [0, 0.1) is 5.92 Å². The number of carboxylic acids is 1. The largest absolute Gasteiger partial charge is 0.478 e. The van der Waals surface area contributed by atoms with Gasteiger partial charge in [0.15, 0.2) is 0 Å². The zero-order chi connectivity index (χ0) is 12.2. The fourth-order valence-corrected chi connectivity index (χ4v) is 1.24. The maximum atomic E-state index is 11.7. The van der Waals surface area contributed by atoms with Gasteiger partial charge >= 0.3 is 5.97 Å². The van der Waals surface area contributed by atoms with Gasteiger partial charge in [-0.1, -0.05) is 13.8 Å². The summed E-state index contributed by atoms with van der Waals surface area (Å²) in [4.78, 5) is 23.9. The smallest absolute Gasteiger partial charge is 0.331 e. The summed E-state index contributed by atoms with van der Waals surface area (Å²) in [5, 5.41) is 8.74. The Kier molecular flexibility index (Phi) is 5.05. The van der Waals surface area contributed by atoms with E-state index < -0.39 is 5.97 Å². The van der Waals surface area contributed by atoms with Gasteiger partial charge in [0.25, 0.3) is 0 Å². The Morgan fingerprint density at radius 1 is 1.20 bits per heavy atom. The number of aliphatic carboxylic acids is 1. The lowest BCUT2D eigenvalue weighted by molar-refractivity contribution is -0.133. The number of rotatable bonds is 4. The summed E-state index contributed by atoms with van der Waals surface area (Å²) < 4.78 is 0. The Balaban J connectivity index is 4.72. The summed E-state index contributed by atoms with van der Waals surface area (Å²) in [6.45, 7) is 7.63. The van der Waals surface area contributed by atoms with Gasteiger partial charge < -0.3 is 10.0 Å². The van der Waals surface area contributed by atoms with Gasteiger partial charge in [-0.3, -0.25) is 4.79 Å². The Morgan fingerprint density at radius 2 is 1.67 bits per heavy atom. The molecule has 0 aromatic rings. The molecule has 0 unspecified atom stereocenters. The third-order valence-electron chi connectivity index (χ3n) is 2.19. The van der Waals surface area contributed by atoms with Crippen LogP contribution in [0.3, 0.4) is 0 Å². The Morgan fingerprint density at radius 3 is 2.00 bits per heavy atom. The monoisotopic (exact) mass is 213 g/mol. The predicted molar refractivity (Wildman–Crippen MR) is 58.5 cm³/mol. The first-order chi connectivity index (χ1) is 6.77. The Bertz CT molecular complexity index is 292. The maximum absolute atomic E-state index is 11.7. The number of carboxylic acid groups (broad SMARTS) is 1. The van der Waals surface area contributed by atoms with Crippen LogP contribution in [-0.2, 0) is 9.59 Å². The number of hydrogen-bond donors (Lipinski definition) is 1. The molecule has 0 bridgehead atoms. The highest BCUT2D eigenvalue weighted by atomic mass is 16.4. The van der Waals surface area contributed by atoms with Gasteiger partial charge in [-0.15, -0.1) is 0 Å². The maximum Gasteiger partial charge on any atom is 0.331 e. The number of likely N-dealkylation sites (N-methyl/N-ethyl adjacent to an activating group) is 1. The molecule has 0 aliphatic carbocycles. The van der Waals surface area contributed by atoms with Crippen LogP contribution in [0.1, 0.15) is 27.7 Å². The third-order valence-corrected chi connectivity index (χ3v) is 2.19. The van der Waals surface area contributed by atoms with Gasteiger partial charge in [0.05, 0.1) is 0 Å². The van der Waals surface area contributed by atoms with Crippen molar-refractivity contribution in [2.45, 2.75) is 27.7 Å². The molecule has 0 atom stereocenters. The molecule has 86 valence electrons.